The molecule has 7 heteroatoms. The van der Waals surface area contributed by atoms with Crippen LogP contribution in [0.4, 0.5) is 11.4 Å². The van der Waals surface area contributed by atoms with E-state index in [1.807, 2.05) is 30.3 Å². The number of halogens is 1. The third-order valence-electron chi connectivity index (χ3n) is 3.77. The van der Waals surface area contributed by atoms with Crippen LogP contribution >= 0.6 is 11.6 Å². The Labute approximate surface area is 160 Å². The Kier molecular flexibility index (Phi) is 5.68. The van der Waals surface area contributed by atoms with E-state index in [0.717, 1.165) is 5.56 Å². The molecule has 3 rings (SSSR count). The van der Waals surface area contributed by atoms with Gasteiger partial charge in [-0.15, -0.1) is 0 Å². The Morgan fingerprint density at radius 3 is 2.48 bits per heavy atom. The Morgan fingerprint density at radius 2 is 1.74 bits per heavy atom. The number of carbonyl (C=O) groups excluding carboxylic acids is 1. The summed E-state index contributed by atoms with van der Waals surface area (Å²) in [6.07, 6.45) is 0. The molecule has 3 aromatic rings. The summed E-state index contributed by atoms with van der Waals surface area (Å²) in [6, 6.07) is 20.1. The van der Waals surface area contributed by atoms with Crippen molar-refractivity contribution in [1.82, 2.24) is 0 Å². The van der Waals surface area contributed by atoms with E-state index in [0.29, 0.717) is 10.8 Å². The largest absolute Gasteiger partial charge is 0.488 e. The molecule has 0 saturated carbocycles. The highest BCUT2D eigenvalue weighted by molar-refractivity contribution is 6.31. The molecule has 1 amide bonds. The van der Waals surface area contributed by atoms with Crippen LogP contribution in [0.2, 0.25) is 5.02 Å². The number of amides is 1. The Bertz CT molecular complexity index is 977. The Hall–Kier alpha value is -3.38. The second-order valence-electron chi connectivity index (χ2n) is 5.64. The number of hydrogen-bond donors (Lipinski definition) is 1. The quantitative estimate of drug-likeness (QED) is 0.476. The maximum absolute atomic E-state index is 12.7. The van der Waals surface area contributed by atoms with Gasteiger partial charge in [-0.2, -0.15) is 0 Å². The van der Waals surface area contributed by atoms with Crippen molar-refractivity contribution in [3.63, 3.8) is 0 Å². The minimum absolute atomic E-state index is 0.0986. The molecule has 0 unspecified atom stereocenters. The van der Waals surface area contributed by atoms with Gasteiger partial charge >= 0.3 is 0 Å². The van der Waals surface area contributed by atoms with Crippen molar-refractivity contribution in [2.24, 2.45) is 0 Å². The molecule has 0 heterocycles. The van der Waals surface area contributed by atoms with Crippen LogP contribution in [0, 0.1) is 10.1 Å². The highest BCUT2D eigenvalue weighted by Gasteiger charge is 2.19. The Balaban J connectivity index is 1.84. The number of carbonyl (C=O) groups is 1. The lowest BCUT2D eigenvalue weighted by Gasteiger charge is -2.12. The number of benzene rings is 3. The van der Waals surface area contributed by atoms with Gasteiger partial charge in [0.05, 0.1) is 10.5 Å². The topological polar surface area (TPSA) is 81.5 Å². The maximum atomic E-state index is 12.7. The van der Waals surface area contributed by atoms with E-state index in [-0.39, 0.29) is 23.5 Å². The molecule has 0 atom stereocenters. The molecule has 0 aliphatic carbocycles. The molecule has 27 heavy (non-hydrogen) atoms. The first-order valence-corrected chi connectivity index (χ1v) is 8.43. The molecule has 0 aliphatic rings. The summed E-state index contributed by atoms with van der Waals surface area (Å²) in [5, 5.41) is 14.0. The third-order valence-corrected chi connectivity index (χ3v) is 4.01. The standard InChI is InChI=1S/C20H15ClN2O4/c21-15-10-11-19(27-13-14-6-2-1-3-7-14)16(12-15)20(24)22-17-8-4-5-9-18(17)23(25)26/h1-12H,13H2,(H,22,24). The lowest BCUT2D eigenvalue weighted by Crippen LogP contribution is -2.14. The van der Waals surface area contributed by atoms with Crippen molar-refractivity contribution in [3.8, 4) is 5.75 Å². The predicted octanol–water partition coefficient (Wildman–Crippen LogP) is 5.08. The van der Waals surface area contributed by atoms with Gasteiger partial charge in [-0.1, -0.05) is 54.1 Å². The zero-order valence-electron chi connectivity index (χ0n) is 14.1. The molecule has 0 aliphatic heterocycles. The Morgan fingerprint density at radius 1 is 1.04 bits per heavy atom. The number of anilines is 1. The van der Waals surface area contributed by atoms with Gasteiger partial charge in [0.25, 0.3) is 11.6 Å². The third kappa shape index (κ3) is 4.62. The van der Waals surface area contributed by atoms with Crippen molar-refractivity contribution in [2.45, 2.75) is 6.61 Å². The van der Waals surface area contributed by atoms with Crippen LogP contribution in [-0.4, -0.2) is 10.8 Å². The van der Waals surface area contributed by atoms with Crippen LogP contribution in [0.5, 0.6) is 5.75 Å². The van der Waals surface area contributed by atoms with E-state index < -0.39 is 10.8 Å². The molecule has 0 bridgehead atoms. The molecule has 0 radical (unpaired) electrons. The number of nitrogens with one attached hydrogen (secondary N) is 1. The summed E-state index contributed by atoms with van der Waals surface area (Å²) in [6.45, 7) is 0.272. The fourth-order valence-corrected chi connectivity index (χ4v) is 2.64. The van der Waals surface area contributed by atoms with E-state index >= 15 is 0 Å². The van der Waals surface area contributed by atoms with Gasteiger partial charge in [-0.25, -0.2) is 0 Å². The normalized spacial score (nSPS) is 10.3. The van der Waals surface area contributed by atoms with Crippen LogP contribution in [0.3, 0.4) is 0 Å². The van der Waals surface area contributed by atoms with Crippen molar-refractivity contribution in [3.05, 3.63) is 99.1 Å². The first-order valence-electron chi connectivity index (χ1n) is 8.05. The van der Waals surface area contributed by atoms with Crippen LogP contribution < -0.4 is 10.1 Å². The molecule has 0 saturated heterocycles. The van der Waals surface area contributed by atoms with Gasteiger partial charge in [0.15, 0.2) is 0 Å². The second kappa shape index (κ2) is 8.33. The van der Waals surface area contributed by atoms with Crippen LogP contribution in [0.1, 0.15) is 15.9 Å². The monoisotopic (exact) mass is 382 g/mol. The molecular formula is C20H15ClN2O4. The lowest BCUT2D eigenvalue weighted by atomic mass is 10.1. The SMILES string of the molecule is O=C(Nc1ccccc1[N+](=O)[O-])c1cc(Cl)ccc1OCc1ccccc1. The second-order valence-corrected chi connectivity index (χ2v) is 6.08. The molecule has 0 aromatic heterocycles. The highest BCUT2D eigenvalue weighted by atomic mass is 35.5. The average Bonchev–Trinajstić information content (AvgIpc) is 2.68. The maximum Gasteiger partial charge on any atom is 0.292 e. The smallest absolute Gasteiger partial charge is 0.292 e. The van der Waals surface area contributed by atoms with Crippen LogP contribution in [-0.2, 0) is 6.61 Å². The summed E-state index contributed by atoms with van der Waals surface area (Å²) >= 11 is 6.02. The molecule has 0 spiro atoms. The zero-order valence-corrected chi connectivity index (χ0v) is 14.8. The number of nitro groups is 1. The summed E-state index contributed by atoms with van der Waals surface area (Å²) in [7, 11) is 0. The van der Waals surface area contributed by atoms with Crippen LogP contribution in [0.15, 0.2) is 72.8 Å². The highest BCUT2D eigenvalue weighted by Crippen LogP contribution is 2.28. The number of nitro benzene ring substituents is 1. The molecule has 6 nitrogen and oxygen atoms in total. The summed E-state index contributed by atoms with van der Waals surface area (Å²) in [4.78, 5) is 23.3. The van der Waals surface area contributed by atoms with E-state index in [4.69, 9.17) is 16.3 Å². The fourth-order valence-electron chi connectivity index (χ4n) is 2.47. The molecule has 1 N–H and O–H groups in total. The fraction of sp³-hybridized carbons (Fsp3) is 0.0500. The van der Waals surface area contributed by atoms with E-state index in [1.165, 1.54) is 24.3 Å². The van der Waals surface area contributed by atoms with Gasteiger partial charge < -0.3 is 10.1 Å². The van der Waals surface area contributed by atoms with E-state index in [9.17, 15) is 14.9 Å². The number of nitrogens with zero attached hydrogens (tertiary/aromatic N) is 1. The summed E-state index contributed by atoms with van der Waals surface area (Å²) < 4.78 is 5.76. The minimum Gasteiger partial charge on any atom is -0.488 e. The van der Waals surface area contributed by atoms with Gasteiger partial charge in [0, 0.05) is 11.1 Å². The van der Waals surface area contributed by atoms with Crippen LogP contribution in [0.25, 0.3) is 0 Å². The summed E-state index contributed by atoms with van der Waals surface area (Å²) in [5.41, 5.74) is 1.04. The van der Waals surface area contributed by atoms with Crippen molar-refractivity contribution < 1.29 is 14.5 Å². The molecule has 3 aromatic carbocycles. The van der Waals surface area contributed by atoms with Gasteiger partial charge in [0.1, 0.15) is 18.0 Å². The van der Waals surface area contributed by atoms with Gasteiger partial charge in [-0.3, -0.25) is 14.9 Å². The van der Waals surface area contributed by atoms with Crippen molar-refractivity contribution in [2.75, 3.05) is 5.32 Å². The first-order chi connectivity index (χ1) is 13.0. The lowest BCUT2D eigenvalue weighted by molar-refractivity contribution is -0.383. The van der Waals surface area contributed by atoms with Crippen molar-refractivity contribution >= 4 is 28.9 Å². The van der Waals surface area contributed by atoms with E-state index in [2.05, 4.69) is 5.32 Å². The first kappa shape index (κ1) is 18.4. The van der Waals surface area contributed by atoms with Gasteiger partial charge in [-0.05, 0) is 29.8 Å². The molecular weight excluding hydrogens is 368 g/mol. The predicted molar refractivity (Wildman–Crippen MR) is 103 cm³/mol. The van der Waals surface area contributed by atoms with Gasteiger partial charge in [0.2, 0.25) is 0 Å². The molecule has 0 fully saturated rings. The number of rotatable bonds is 6. The van der Waals surface area contributed by atoms with E-state index in [1.54, 1.807) is 18.2 Å². The average molecular weight is 383 g/mol. The number of ether oxygens (including phenoxy) is 1. The minimum atomic E-state index is -0.555. The number of hydrogen-bond acceptors (Lipinski definition) is 4. The number of para-hydroxylation sites is 2. The zero-order chi connectivity index (χ0) is 19.2. The summed E-state index contributed by atoms with van der Waals surface area (Å²) in [5.74, 6) is -0.214. The molecule has 136 valence electrons. The van der Waals surface area contributed by atoms with Crippen molar-refractivity contribution in [1.29, 1.82) is 0 Å².